The minimum atomic E-state index is -0.285. The van der Waals surface area contributed by atoms with Gasteiger partial charge in [-0.1, -0.05) is 140 Å². The van der Waals surface area contributed by atoms with Gasteiger partial charge in [0.2, 0.25) is 0 Å². The van der Waals surface area contributed by atoms with Crippen LogP contribution in [0.4, 0.5) is 0 Å². The SMILES string of the molecule is CC1(C)c2ccc3cc(C(=O)c4cc5c6c7c(ccc6c4)C(C)(C)c4cccc6ccc(c-7c46)C5(C)C)cc4c3c2-c2c(ccc3cccc1c23)C4(C)C. The first kappa shape index (κ1) is 30.9. The van der Waals surface area contributed by atoms with E-state index in [4.69, 9.17) is 0 Å². The van der Waals surface area contributed by atoms with E-state index in [9.17, 15) is 0 Å². The zero-order valence-corrected chi connectivity index (χ0v) is 32.3. The van der Waals surface area contributed by atoms with Gasteiger partial charge in [-0.3, -0.25) is 4.79 Å². The number of hydrogen-bond acceptors (Lipinski definition) is 1. The molecule has 0 bridgehead atoms. The van der Waals surface area contributed by atoms with Crippen molar-refractivity contribution >= 4 is 48.9 Å². The van der Waals surface area contributed by atoms with Gasteiger partial charge >= 0.3 is 0 Å². The molecular weight excluding hydrogens is 653 g/mol. The fourth-order valence-electron chi connectivity index (χ4n) is 11.8. The molecule has 0 atom stereocenters. The molecule has 0 unspecified atom stereocenters. The maximum atomic E-state index is 15.1. The number of hydrogen-bond donors (Lipinski definition) is 0. The molecule has 8 aromatic carbocycles. The highest BCUT2D eigenvalue weighted by atomic mass is 16.1. The normalized spacial score (nSPS) is 17.9. The van der Waals surface area contributed by atoms with Crippen molar-refractivity contribution in [2.75, 3.05) is 0 Å². The van der Waals surface area contributed by atoms with Crippen LogP contribution in [0.25, 0.3) is 65.3 Å². The number of benzene rings is 8. The highest BCUT2D eigenvalue weighted by Gasteiger charge is 2.44. The van der Waals surface area contributed by atoms with Gasteiger partial charge in [0.15, 0.2) is 5.78 Å². The Morgan fingerprint density at radius 3 is 1.02 bits per heavy atom. The van der Waals surface area contributed by atoms with E-state index in [1.165, 1.54) is 99.1 Å². The second-order valence-corrected chi connectivity index (χ2v) is 18.8. The summed E-state index contributed by atoms with van der Waals surface area (Å²) in [5, 5.41) is 10.3. The molecule has 0 saturated heterocycles. The topological polar surface area (TPSA) is 17.1 Å². The average molecular weight is 695 g/mol. The van der Waals surface area contributed by atoms with Crippen molar-refractivity contribution in [2.24, 2.45) is 0 Å². The van der Waals surface area contributed by atoms with Crippen LogP contribution in [-0.4, -0.2) is 5.78 Å². The summed E-state index contributed by atoms with van der Waals surface area (Å²) in [5.74, 6) is 0.0900. The smallest absolute Gasteiger partial charge is 0.193 e. The monoisotopic (exact) mass is 694 g/mol. The molecule has 0 spiro atoms. The number of carbonyl (C=O) groups is 1. The molecule has 260 valence electrons. The molecule has 12 rings (SSSR count). The fraction of sp³-hybridized carbons (Fsp3) is 0.226. The van der Waals surface area contributed by atoms with E-state index in [1.54, 1.807) is 0 Å². The Bertz CT molecular complexity index is 2950. The molecule has 0 fully saturated rings. The van der Waals surface area contributed by atoms with Crippen LogP contribution in [0.15, 0.2) is 109 Å². The van der Waals surface area contributed by atoms with Crippen molar-refractivity contribution in [3.05, 3.63) is 165 Å². The minimum Gasteiger partial charge on any atom is -0.289 e. The summed E-state index contributed by atoms with van der Waals surface area (Å²) in [5.41, 5.74) is 16.9. The molecule has 0 radical (unpaired) electrons. The van der Waals surface area contributed by atoms with Crippen LogP contribution < -0.4 is 0 Å². The van der Waals surface area contributed by atoms with Crippen LogP contribution in [0.5, 0.6) is 0 Å². The summed E-state index contributed by atoms with van der Waals surface area (Å²) >= 11 is 0. The van der Waals surface area contributed by atoms with Gasteiger partial charge < -0.3 is 0 Å². The van der Waals surface area contributed by atoms with E-state index >= 15 is 4.79 Å². The summed E-state index contributed by atoms with van der Waals surface area (Å²) < 4.78 is 0. The zero-order valence-electron chi connectivity index (χ0n) is 32.3. The van der Waals surface area contributed by atoms with Crippen LogP contribution in [-0.2, 0) is 21.7 Å². The van der Waals surface area contributed by atoms with Crippen LogP contribution in [0.2, 0.25) is 0 Å². The molecule has 0 saturated carbocycles. The number of carbonyl (C=O) groups excluding carboxylic acids is 1. The Labute approximate surface area is 316 Å². The Morgan fingerprint density at radius 1 is 0.333 bits per heavy atom. The fourth-order valence-corrected chi connectivity index (χ4v) is 11.8. The quantitative estimate of drug-likeness (QED) is 0.165. The molecule has 0 heterocycles. The first-order valence-electron chi connectivity index (χ1n) is 19.6. The molecule has 1 nitrogen and oxygen atoms in total. The van der Waals surface area contributed by atoms with Gasteiger partial charge in [0, 0.05) is 32.8 Å². The van der Waals surface area contributed by atoms with Gasteiger partial charge in [0.25, 0.3) is 0 Å². The summed E-state index contributed by atoms with van der Waals surface area (Å²) in [6.07, 6.45) is 0. The van der Waals surface area contributed by atoms with Gasteiger partial charge in [-0.05, 0) is 134 Å². The van der Waals surface area contributed by atoms with Gasteiger partial charge in [-0.15, -0.1) is 0 Å². The van der Waals surface area contributed by atoms with E-state index in [0.29, 0.717) is 0 Å². The van der Waals surface area contributed by atoms with Crippen molar-refractivity contribution in [2.45, 2.75) is 77.0 Å². The Morgan fingerprint density at radius 2 is 0.648 bits per heavy atom. The van der Waals surface area contributed by atoms with Crippen LogP contribution in [0.3, 0.4) is 0 Å². The Hall–Kier alpha value is -5.53. The zero-order chi connectivity index (χ0) is 37.0. The summed E-state index contributed by atoms with van der Waals surface area (Å²) in [6, 6.07) is 41.0. The highest BCUT2D eigenvalue weighted by Crippen LogP contribution is 2.60. The predicted octanol–water partition coefficient (Wildman–Crippen LogP) is 13.4. The number of ketones is 1. The van der Waals surface area contributed by atoms with Crippen LogP contribution in [0.1, 0.15) is 116 Å². The lowest BCUT2D eigenvalue weighted by molar-refractivity contribution is 0.103. The predicted molar refractivity (Wildman–Crippen MR) is 226 cm³/mol. The minimum absolute atomic E-state index is 0.0900. The maximum Gasteiger partial charge on any atom is 0.193 e. The van der Waals surface area contributed by atoms with Gasteiger partial charge in [-0.25, -0.2) is 0 Å². The van der Waals surface area contributed by atoms with Gasteiger partial charge in [0.05, 0.1) is 0 Å². The van der Waals surface area contributed by atoms with Crippen molar-refractivity contribution in [3.8, 4) is 22.3 Å². The van der Waals surface area contributed by atoms with Crippen molar-refractivity contribution in [1.82, 2.24) is 0 Å². The molecule has 4 aliphatic carbocycles. The molecule has 0 aromatic heterocycles. The molecule has 1 heteroatoms. The summed E-state index contributed by atoms with van der Waals surface area (Å²) in [7, 11) is 0. The van der Waals surface area contributed by atoms with E-state index < -0.39 is 0 Å². The van der Waals surface area contributed by atoms with Crippen molar-refractivity contribution in [1.29, 1.82) is 0 Å². The largest absolute Gasteiger partial charge is 0.289 e. The lowest BCUT2D eigenvalue weighted by Gasteiger charge is -2.43. The van der Waals surface area contributed by atoms with E-state index in [1.807, 2.05) is 0 Å². The van der Waals surface area contributed by atoms with Crippen molar-refractivity contribution in [3.63, 3.8) is 0 Å². The van der Waals surface area contributed by atoms with Crippen LogP contribution in [0, 0.1) is 0 Å². The highest BCUT2D eigenvalue weighted by molar-refractivity contribution is 6.20. The molecular formula is C53H42O. The standard InChI is InChI=1S/C53H42O/c1-50(2)33-13-9-11-27-15-19-37-45(41(27)33)47-35(50)21-17-29-23-31(25-39(43(29)47)52(37,5)6)49(54)32-24-30-18-22-36-48-44(30)40(26-32)53(7,8)38-20-16-28-12-10-14-34(51(36,3)4)42(28)46(38)48/h9-26H,1-8H3. The van der Waals surface area contributed by atoms with Gasteiger partial charge in [-0.2, -0.15) is 0 Å². The Kier molecular flexibility index (Phi) is 5.27. The molecule has 8 aromatic rings. The number of rotatable bonds is 2. The maximum absolute atomic E-state index is 15.1. The molecule has 4 aliphatic rings. The van der Waals surface area contributed by atoms with Gasteiger partial charge in [0.1, 0.15) is 0 Å². The molecule has 54 heavy (non-hydrogen) atoms. The van der Waals surface area contributed by atoms with E-state index in [2.05, 4.69) is 165 Å². The summed E-state index contributed by atoms with van der Waals surface area (Å²) in [6.45, 7) is 18.9. The average Bonchev–Trinajstić information content (AvgIpc) is 3.15. The lowest BCUT2D eigenvalue weighted by atomic mass is 9.60. The lowest BCUT2D eigenvalue weighted by Crippen LogP contribution is -2.30. The summed E-state index contributed by atoms with van der Waals surface area (Å²) in [4.78, 5) is 15.1. The molecule has 0 aliphatic heterocycles. The third-order valence-corrected chi connectivity index (χ3v) is 14.7. The van der Waals surface area contributed by atoms with E-state index in [-0.39, 0.29) is 27.4 Å². The van der Waals surface area contributed by atoms with E-state index in [0.717, 1.165) is 21.9 Å². The molecule has 0 amide bonds. The first-order chi connectivity index (χ1) is 25.7. The third kappa shape index (κ3) is 3.31. The Balaban J connectivity index is 1.11. The first-order valence-corrected chi connectivity index (χ1v) is 19.6. The molecule has 0 N–H and O–H groups in total. The van der Waals surface area contributed by atoms with Crippen molar-refractivity contribution < 1.29 is 4.79 Å². The third-order valence-electron chi connectivity index (χ3n) is 14.7. The second kappa shape index (κ2) is 9.22. The van der Waals surface area contributed by atoms with Crippen LogP contribution >= 0.6 is 0 Å². The second-order valence-electron chi connectivity index (χ2n) is 18.8.